The van der Waals surface area contributed by atoms with Crippen LogP contribution in [-0.2, 0) is 16.1 Å². The summed E-state index contributed by atoms with van der Waals surface area (Å²) >= 11 is 0. The number of carbonyl (C=O) groups excluding carboxylic acids is 2. The van der Waals surface area contributed by atoms with E-state index in [4.69, 9.17) is 4.74 Å². The third kappa shape index (κ3) is 3.00. The zero-order chi connectivity index (χ0) is 19.3. The van der Waals surface area contributed by atoms with Crippen LogP contribution in [0.3, 0.4) is 0 Å². The van der Waals surface area contributed by atoms with E-state index >= 15 is 0 Å². The van der Waals surface area contributed by atoms with Gasteiger partial charge in [-0.25, -0.2) is 13.9 Å². The summed E-state index contributed by atoms with van der Waals surface area (Å²) in [6.07, 6.45) is 3.61. The molecule has 1 aromatic heterocycles. The molecule has 2 saturated heterocycles. The molecular formula is C19H20FN5O3. The van der Waals surface area contributed by atoms with E-state index in [0.29, 0.717) is 68.0 Å². The van der Waals surface area contributed by atoms with Crippen LogP contribution in [0.5, 0.6) is 0 Å². The number of benzene rings is 1. The van der Waals surface area contributed by atoms with Crippen molar-refractivity contribution in [2.75, 3.05) is 29.4 Å². The van der Waals surface area contributed by atoms with Crippen LogP contribution in [0, 0.1) is 17.7 Å². The summed E-state index contributed by atoms with van der Waals surface area (Å²) in [5.74, 6) is 0.616. The number of fused-ring (bicyclic) bond motifs is 1. The highest BCUT2D eigenvalue weighted by atomic mass is 19.1. The van der Waals surface area contributed by atoms with Crippen LogP contribution in [0.2, 0.25) is 0 Å². The van der Waals surface area contributed by atoms with Crippen LogP contribution in [0.15, 0.2) is 30.6 Å². The molecule has 1 aliphatic carbocycles. The number of hydrogen-bond donors (Lipinski definition) is 0. The SMILES string of the molecule is O=C1CC2CN(c3ccc(N4C[C@H](Cn5ccnn5)OC4=O)cc3F)CC2C1. The van der Waals surface area contributed by atoms with E-state index in [2.05, 4.69) is 10.3 Å². The smallest absolute Gasteiger partial charge is 0.414 e. The summed E-state index contributed by atoms with van der Waals surface area (Å²) < 4.78 is 21.8. The fraction of sp³-hybridized carbons (Fsp3) is 0.474. The van der Waals surface area contributed by atoms with Crippen molar-refractivity contribution in [2.45, 2.75) is 25.5 Å². The predicted molar refractivity (Wildman–Crippen MR) is 97.5 cm³/mol. The molecule has 28 heavy (non-hydrogen) atoms. The second-order valence-electron chi connectivity index (χ2n) is 7.75. The van der Waals surface area contributed by atoms with Gasteiger partial charge < -0.3 is 9.64 Å². The van der Waals surface area contributed by atoms with Gasteiger partial charge in [0.2, 0.25) is 0 Å². The predicted octanol–water partition coefficient (Wildman–Crippen LogP) is 1.86. The lowest BCUT2D eigenvalue weighted by atomic mass is 10.0. The summed E-state index contributed by atoms with van der Waals surface area (Å²) in [6.45, 7) is 2.14. The lowest BCUT2D eigenvalue weighted by Gasteiger charge is -2.22. The summed E-state index contributed by atoms with van der Waals surface area (Å²) in [5.41, 5.74) is 0.999. The number of carbonyl (C=O) groups is 2. The van der Waals surface area contributed by atoms with Gasteiger partial charge in [-0.1, -0.05) is 5.21 Å². The summed E-state index contributed by atoms with van der Waals surface area (Å²) in [5, 5.41) is 7.60. The van der Waals surface area contributed by atoms with Crippen molar-refractivity contribution < 1.29 is 18.7 Å². The summed E-state index contributed by atoms with van der Waals surface area (Å²) in [4.78, 5) is 27.2. The molecule has 2 aliphatic heterocycles. The second-order valence-corrected chi connectivity index (χ2v) is 7.75. The number of nitrogens with zero attached hydrogens (tertiary/aromatic N) is 5. The molecule has 2 aromatic rings. The molecule has 0 bridgehead atoms. The number of ether oxygens (including phenoxy) is 1. The molecule has 8 nitrogen and oxygen atoms in total. The van der Waals surface area contributed by atoms with E-state index in [1.807, 2.05) is 4.90 Å². The van der Waals surface area contributed by atoms with E-state index in [0.717, 1.165) is 0 Å². The quantitative estimate of drug-likeness (QED) is 0.799. The van der Waals surface area contributed by atoms with Crippen LogP contribution in [0.4, 0.5) is 20.6 Å². The van der Waals surface area contributed by atoms with Gasteiger partial charge in [-0.15, -0.1) is 5.10 Å². The molecule has 0 spiro atoms. The van der Waals surface area contributed by atoms with Gasteiger partial charge in [0.05, 0.1) is 30.7 Å². The minimum Gasteiger partial charge on any atom is -0.442 e. The Hall–Kier alpha value is -2.97. The Morgan fingerprint density at radius 2 is 1.93 bits per heavy atom. The number of ketones is 1. The minimum atomic E-state index is -0.494. The van der Waals surface area contributed by atoms with Gasteiger partial charge in [0.15, 0.2) is 0 Å². The average molecular weight is 385 g/mol. The number of rotatable bonds is 4. The van der Waals surface area contributed by atoms with E-state index in [-0.39, 0.29) is 11.9 Å². The fourth-order valence-corrected chi connectivity index (χ4v) is 4.55. The highest BCUT2D eigenvalue weighted by Crippen LogP contribution is 2.39. The van der Waals surface area contributed by atoms with Gasteiger partial charge in [-0.3, -0.25) is 9.69 Å². The van der Waals surface area contributed by atoms with Crippen molar-refractivity contribution in [1.29, 1.82) is 0 Å². The van der Waals surface area contributed by atoms with Crippen LogP contribution in [0.1, 0.15) is 12.8 Å². The van der Waals surface area contributed by atoms with E-state index in [1.165, 1.54) is 11.0 Å². The zero-order valence-corrected chi connectivity index (χ0v) is 15.2. The molecule has 3 atom stereocenters. The van der Waals surface area contributed by atoms with Gasteiger partial charge in [0, 0.05) is 32.1 Å². The van der Waals surface area contributed by atoms with Gasteiger partial charge in [-0.05, 0) is 30.0 Å². The Balaban J connectivity index is 1.29. The first kappa shape index (κ1) is 17.2. The number of halogens is 1. The fourth-order valence-electron chi connectivity index (χ4n) is 4.55. The molecule has 3 heterocycles. The maximum Gasteiger partial charge on any atom is 0.414 e. The molecule has 1 amide bonds. The summed E-state index contributed by atoms with van der Waals surface area (Å²) in [7, 11) is 0. The van der Waals surface area contributed by atoms with Gasteiger partial charge in [0.25, 0.3) is 0 Å². The van der Waals surface area contributed by atoms with Crippen molar-refractivity contribution in [3.05, 3.63) is 36.4 Å². The monoisotopic (exact) mass is 385 g/mol. The largest absolute Gasteiger partial charge is 0.442 e. The molecule has 146 valence electrons. The average Bonchev–Trinajstić information content (AvgIpc) is 3.40. The molecule has 3 aliphatic rings. The van der Waals surface area contributed by atoms with Crippen LogP contribution in [-0.4, -0.2) is 52.6 Å². The first-order valence-corrected chi connectivity index (χ1v) is 9.45. The maximum absolute atomic E-state index is 14.8. The zero-order valence-electron chi connectivity index (χ0n) is 15.2. The van der Waals surface area contributed by atoms with Crippen molar-refractivity contribution >= 4 is 23.3 Å². The highest BCUT2D eigenvalue weighted by molar-refractivity contribution is 5.90. The number of aromatic nitrogens is 3. The van der Waals surface area contributed by atoms with Gasteiger partial charge in [-0.2, -0.15) is 0 Å². The summed E-state index contributed by atoms with van der Waals surface area (Å²) in [6, 6.07) is 4.84. The number of amides is 1. The topological polar surface area (TPSA) is 80.6 Å². The molecular weight excluding hydrogens is 365 g/mol. The van der Waals surface area contributed by atoms with E-state index in [1.54, 1.807) is 29.2 Å². The van der Waals surface area contributed by atoms with Crippen molar-refractivity contribution in [1.82, 2.24) is 15.0 Å². The molecule has 1 aromatic carbocycles. The van der Waals surface area contributed by atoms with Gasteiger partial charge >= 0.3 is 6.09 Å². The van der Waals surface area contributed by atoms with Crippen molar-refractivity contribution in [2.24, 2.45) is 11.8 Å². The van der Waals surface area contributed by atoms with Gasteiger partial charge in [0.1, 0.15) is 17.7 Å². The normalized spacial score (nSPS) is 26.8. The molecule has 0 radical (unpaired) electrons. The minimum absolute atomic E-state index is 0.318. The second kappa shape index (κ2) is 6.57. The number of Topliss-reactive ketones (excluding diaryl/α,β-unsaturated/α-hetero) is 1. The molecule has 2 unspecified atom stereocenters. The first-order chi connectivity index (χ1) is 13.6. The Labute approximate surface area is 160 Å². The van der Waals surface area contributed by atoms with Crippen LogP contribution < -0.4 is 9.80 Å². The first-order valence-electron chi connectivity index (χ1n) is 9.45. The maximum atomic E-state index is 14.8. The van der Waals surface area contributed by atoms with Crippen molar-refractivity contribution in [3.8, 4) is 0 Å². The lowest BCUT2D eigenvalue weighted by Crippen LogP contribution is -2.27. The molecule has 0 N–H and O–H groups in total. The Kier molecular flexibility index (Phi) is 4.03. The van der Waals surface area contributed by atoms with E-state index < -0.39 is 6.09 Å². The van der Waals surface area contributed by atoms with Crippen molar-refractivity contribution in [3.63, 3.8) is 0 Å². The standard InChI is InChI=1S/C19H20FN5O3/c20-17-7-14(25-11-16(28-19(25)27)10-24-4-3-21-22-24)1-2-18(17)23-8-12-5-15(26)6-13(12)9-23/h1-4,7,12-13,16H,5-6,8-11H2/t12?,13?,16-/m0/s1. The van der Waals surface area contributed by atoms with Crippen LogP contribution >= 0.6 is 0 Å². The number of anilines is 2. The highest BCUT2D eigenvalue weighted by Gasteiger charge is 2.41. The third-order valence-corrected chi connectivity index (χ3v) is 5.88. The van der Waals surface area contributed by atoms with Crippen LogP contribution in [0.25, 0.3) is 0 Å². The Morgan fingerprint density at radius 1 is 1.14 bits per heavy atom. The number of hydrogen-bond acceptors (Lipinski definition) is 6. The molecule has 9 heteroatoms. The van der Waals surface area contributed by atoms with E-state index in [9.17, 15) is 14.0 Å². The number of cyclic esters (lactones) is 1. The third-order valence-electron chi connectivity index (χ3n) is 5.88. The molecule has 5 rings (SSSR count). The lowest BCUT2D eigenvalue weighted by molar-refractivity contribution is -0.117. The Bertz CT molecular complexity index is 902. The Morgan fingerprint density at radius 3 is 2.61 bits per heavy atom. The molecule has 3 fully saturated rings. The molecule has 1 saturated carbocycles.